The molecule has 5 nitrogen and oxygen atoms in total. The zero-order valence-electron chi connectivity index (χ0n) is 15.2. The summed E-state index contributed by atoms with van der Waals surface area (Å²) in [6.07, 6.45) is -0.539. The number of methoxy groups -OCH3 is 1. The molecule has 4 aromatic rings. The zero-order chi connectivity index (χ0) is 19.3. The van der Waals surface area contributed by atoms with Gasteiger partial charge in [0.25, 0.3) is 0 Å². The second kappa shape index (κ2) is 8.10. The minimum Gasteiger partial charge on any atom is -0.494 e. The molecule has 140 valence electrons. The summed E-state index contributed by atoms with van der Waals surface area (Å²) in [6.45, 7) is 0.205. The van der Waals surface area contributed by atoms with Crippen molar-refractivity contribution in [1.29, 1.82) is 0 Å². The van der Waals surface area contributed by atoms with Crippen LogP contribution in [0.3, 0.4) is 0 Å². The molecule has 6 heteroatoms. The zero-order valence-corrected chi connectivity index (χ0v) is 16.0. The number of hydrogen-bond acceptors (Lipinski definition) is 5. The number of hydrogen-bond donors (Lipinski definition) is 1. The summed E-state index contributed by atoms with van der Waals surface area (Å²) < 4.78 is 11.7. The number of carbonyl (C=O) groups is 1. The minimum atomic E-state index is -0.539. The lowest BCUT2D eigenvalue weighted by atomic mass is 10.1. The van der Waals surface area contributed by atoms with Gasteiger partial charge in [-0.05, 0) is 23.3 Å². The molecular formula is C22H18N2O3S. The molecule has 0 aliphatic rings. The molecule has 1 amide bonds. The second-order valence-electron chi connectivity index (χ2n) is 6.06. The van der Waals surface area contributed by atoms with Gasteiger partial charge in [-0.25, -0.2) is 9.78 Å². The van der Waals surface area contributed by atoms with Crippen LogP contribution in [0.4, 0.5) is 9.93 Å². The van der Waals surface area contributed by atoms with Gasteiger partial charge in [-0.3, -0.25) is 5.32 Å². The van der Waals surface area contributed by atoms with Gasteiger partial charge in [0.2, 0.25) is 0 Å². The molecule has 0 saturated carbocycles. The van der Waals surface area contributed by atoms with Gasteiger partial charge in [0.1, 0.15) is 17.9 Å². The van der Waals surface area contributed by atoms with Crippen molar-refractivity contribution in [2.75, 3.05) is 12.4 Å². The van der Waals surface area contributed by atoms with E-state index in [0.717, 1.165) is 21.4 Å². The lowest BCUT2D eigenvalue weighted by molar-refractivity contribution is 0.155. The molecule has 0 aliphatic carbocycles. The molecule has 0 bridgehead atoms. The van der Waals surface area contributed by atoms with Gasteiger partial charge < -0.3 is 9.47 Å². The maximum Gasteiger partial charge on any atom is 0.413 e. The van der Waals surface area contributed by atoms with Crippen LogP contribution < -0.4 is 10.1 Å². The van der Waals surface area contributed by atoms with Crippen LogP contribution in [0.25, 0.3) is 21.3 Å². The number of aromatic nitrogens is 1. The Morgan fingerprint density at radius 1 is 1.00 bits per heavy atom. The first-order valence-corrected chi connectivity index (χ1v) is 9.57. The highest BCUT2D eigenvalue weighted by Gasteiger charge is 2.16. The Morgan fingerprint density at radius 2 is 1.71 bits per heavy atom. The van der Waals surface area contributed by atoms with Crippen LogP contribution >= 0.6 is 11.3 Å². The van der Waals surface area contributed by atoms with Gasteiger partial charge in [-0.2, -0.15) is 0 Å². The van der Waals surface area contributed by atoms with E-state index < -0.39 is 6.09 Å². The first-order chi connectivity index (χ1) is 13.7. The molecule has 0 spiro atoms. The number of carbonyl (C=O) groups excluding carboxylic acids is 1. The van der Waals surface area contributed by atoms with Gasteiger partial charge in [0, 0.05) is 5.56 Å². The Balaban J connectivity index is 1.59. The molecule has 1 N–H and O–H groups in total. The van der Waals surface area contributed by atoms with Crippen molar-refractivity contribution >= 4 is 32.8 Å². The molecule has 0 radical (unpaired) electrons. The number of amides is 1. The van der Waals surface area contributed by atoms with Gasteiger partial charge in [-0.1, -0.05) is 72.0 Å². The molecule has 4 rings (SSSR count). The number of rotatable bonds is 5. The molecule has 1 heterocycles. The Kier molecular flexibility index (Phi) is 5.21. The van der Waals surface area contributed by atoms with Gasteiger partial charge in [0.15, 0.2) is 5.13 Å². The van der Waals surface area contributed by atoms with Crippen LogP contribution in [0.2, 0.25) is 0 Å². The fraction of sp³-hybridized carbons (Fsp3) is 0.0909. The van der Waals surface area contributed by atoms with E-state index in [1.54, 1.807) is 7.11 Å². The van der Waals surface area contributed by atoms with Gasteiger partial charge in [-0.15, -0.1) is 0 Å². The monoisotopic (exact) mass is 390 g/mol. The van der Waals surface area contributed by atoms with Crippen molar-refractivity contribution in [2.24, 2.45) is 0 Å². The molecule has 0 atom stereocenters. The van der Waals surface area contributed by atoms with Crippen LogP contribution in [-0.2, 0) is 11.3 Å². The number of anilines is 1. The third-order valence-electron chi connectivity index (χ3n) is 4.23. The van der Waals surface area contributed by atoms with Crippen LogP contribution in [-0.4, -0.2) is 18.2 Å². The van der Waals surface area contributed by atoms with Gasteiger partial charge in [0.05, 0.1) is 11.8 Å². The molecular weight excluding hydrogens is 372 g/mol. The number of nitrogens with zero attached hydrogens (tertiary/aromatic N) is 1. The molecule has 0 unspecified atom stereocenters. The minimum absolute atomic E-state index is 0.205. The smallest absolute Gasteiger partial charge is 0.413 e. The lowest BCUT2D eigenvalue weighted by Crippen LogP contribution is -2.13. The van der Waals surface area contributed by atoms with Crippen molar-refractivity contribution in [2.45, 2.75) is 6.61 Å². The Labute approximate surface area is 166 Å². The summed E-state index contributed by atoms with van der Waals surface area (Å²) in [5, 5.41) is 3.19. The number of nitrogens with one attached hydrogen (secondary N) is 1. The molecule has 3 aromatic carbocycles. The first-order valence-electron chi connectivity index (χ1n) is 8.75. The molecule has 0 aliphatic heterocycles. The average Bonchev–Trinajstić information content (AvgIpc) is 3.16. The standard InChI is InChI=1S/C22H18N2O3S/c1-26-18-13-12-17(16-10-6-3-7-11-16)20-19(18)23-21(28-20)24-22(25)27-14-15-8-4-2-5-9-15/h2-13H,14H2,1H3,(H,23,24,25). The van der Waals surface area contributed by atoms with Crippen LogP contribution in [0.5, 0.6) is 5.75 Å². The highest BCUT2D eigenvalue weighted by Crippen LogP contribution is 2.39. The number of thiazole rings is 1. The van der Waals surface area contributed by atoms with Crippen LogP contribution in [0, 0.1) is 0 Å². The maximum absolute atomic E-state index is 12.2. The summed E-state index contributed by atoms with van der Waals surface area (Å²) in [6, 6.07) is 23.5. The summed E-state index contributed by atoms with van der Waals surface area (Å²) in [5.74, 6) is 0.664. The molecule has 1 aromatic heterocycles. The predicted octanol–water partition coefficient (Wildman–Crippen LogP) is 5.72. The second-order valence-corrected chi connectivity index (χ2v) is 7.06. The van der Waals surface area contributed by atoms with Crippen molar-refractivity contribution in [3.05, 3.63) is 78.4 Å². The van der Waals surface area contributed by atoms with Crippen LogP contribution in [0.15, 0.2) is 72.8 Å². The number of ether oxygens (including phenoxy) is 2. The van der Waals surface area contributed by atoms with E-state index in [1.807, 2.05) is 72.8 Å². The molecule has 0 saturated heterocycles. The van der Waals surface area contributed by atoms with Crippen molar-refractivity contribution in [3.8, 4) is 16.9 Å². The topological polar surface area (TPSA) is 60.5 Å². The quantitative estimate of drug-likeness (QED) is 0.473. The van der Waals surface area contributed by atoms with E-state index in [1.165, 1.54) is 11.3 Å². The third-order valence-corrected chi connectivity index (χ3v) is 5.24. The average molecular weight is 390 g/mol. The predicted molar refractivity (Wildman–Crippen MR) is 112 cm³/mol. The fourth-order valence-corrected chi connectivity index (χ4v) is 3.90. The van der Waals surface area contributed by atoms with Gasteiger partial charge >= 0.3 is 6.09 Å². The third kappa shape index (κ3) is 3.82. The van der Waals surface area contributed by atoms with E-state index in [2.05, 4.69) is 10.3 Å². The molecule has 0 fully saturated rings. The number of benzene rings is 3. The van der Waals surface area contributed by atoms with E-state index >= 15 is 0 Å². The maximum atomic E-state index is 12.2. The van der Waals surface area contributed by atoms with Crippen molar-refractivity contribution in [1.82, 2.24) is 4.98 Å². The normalized spacial score (nSPS) is 10.6. The lowest BCUT2D eigenvalue weighted by Gasteiger charge is -2.05. The number of fused-ring (bicyclic) bond motifs is 1. The Bertz CT molecular complexity index is 1090. The summed E-state index contributed by atoms with van der Waals surface area (Å²) in [7, 11) is 1.61. The van der Waals surface area contributed by atoms with Crippen LogP contribution in [0.1, 0.15) is 5.56 Å². The largest absolute Gasteiger partial charge is 0.494 e. The summed E-state index contributed by atoms with van der Waals surface area (Å²) in [4.78, 5) is 16.7. The summed E-state index contributed by atoms with van der Waals surface area (Å²) >= 11 is 1.40. The van der Waals surface area contributed by atoms with E-state index in [9.17, 15) is 4.79 Å². The van der Waals surface area contributed by atoms with Crippen molar-refractivity contribution in [3.63, 3.8) is 0 Å². The van der Waals surface area contributed by atoms with Crippen molar-refractivity contribution < 1.29 is 14.3 Å². The molecule has 28 heavy (non-hydrogen) atoms. The summed E-state index contributed by atoms with van der Waals surface area (Å²) in [5.41, 5.74) is 3.76. The Morgan fingerprint density at radius 3 is 2.43 bits per heavy atom. The SMILES string of the molecule is COc1ccc(-c2ccccc2)c2sc(NC(=O)OCc3ccccc3)nc12. The highest BCUT2D eigenvalue weighted by molar-refractivity contribution is 7.23. The van der Waals surface area contributed by atoms with E-state index in [0.29, 0.717) is 16.4 Å². The fourth-order valence-electron chi connectivity index (χ4n) is 2.89. The highest BCUT2D eigenvalue weighted by atomic mass is 32.1. The Hall–Kier alpha value is -3.38. The van der Waals surface area contributed by atoms with E-state index in [4.69, 9.17) is 9.47 Å². The van der Waals surface area contributed by atoms with E-state index in [-0.39, 0.29) is 6.61 Å². The first kappa shape index (κ1) is 18.0.